The number of carbonyl (C=O) groups excluding carboxylic acids is 1. The molecule has 0 saturated carbocycles. The summed E-state index contributed by atoms with van der Waals surface area (Å²) in [7, 11) is 1.35. The lowest BCUT2D eigenvalue weighted by atomic mass is 10.2. The van der Waals surface area contributed by atoms with Gasteiger partial charge < -0.3 is 9.47 Å². The lowest BCUT2D eigenvalue weighted by Gasteiger charge is -2.05. The number of nitrogens with zero attached hydrogens (tertiary/aromatic N) is 1. The maximum absolute atomic E-state index is 11.2. The third-order valence-electron chi connectivity index (χ3n) is 2.20. The quantitative estimate of drug-likeness (QED) is 0.815. The highest BCUT2D eigenvalue weighted by Crippen LogP contribution is 2.21. The highest BCUT2D eigenvalue weighted by Gasteiger charge is 2.05. The lowest BCUT2D eigenvalue weighted by molar-refractivity contribution is 0.0600. The minimum Gasteiger partial charge on any atom is -0.465 e. The Labute approximate surface area is 113 Å². The summed E-state index contributed by atoms with van der Waals surface area (Å²) in [5.41, 5.74) is 0.480. The monoisotopic (exact) mass is 307 g/mol. The molecule has 0 fully saturated rings. The predicted octanol–water partition coefficient (Wildman–Crippen LogP) is 3.42. The number of ether oxygens (including phenoxy) is 2. The van der Waals surface area contributed by atoms with E-state index in [0.29, 0.717) is 17.2 Å². The van der Waals surface area contributed by atoms with Gasteiger partial charge in [-0.1, -0.05) is 0 Å². The average molecular weight is 308 g/mol. The van der Waals surface area contributed by atoms with Crippen LogP contribution in [0.4, 0.5) is 0 Å². The Morgan fingerprint density at radius 2 is 1.89 bits per heavy atom. The van der Waals surface area contributed by atoms with Gasteiger partial charge in [-0.2, -0.15) is 0 Å². The zero-order chi connectivity index (χ0) is 13.0. The largest absolute Gasteiger partial charge is 0.465 e. The number of hydrogen-bond acceptors (Lipinski definition) is 4. The van der Waals surface area contributed by atoms with E-state index in [4.69, 9.17) is 4.74 Å². The van der Waals surface area contributed by atoms with Crippen molar-refractivity contribution in [3.63, 3.8) is 0 Å². The van der Waals surface area contributed by atoms with Gasteiger partial charge in [0.2, 0.25) is 5.88 Å². The number of rotatable bonds is 3. The summed E-state index contributed by atoms with van der Waals surface area (Å²) in [6.45, 7) is 0. The van der Waals surface area contributed by atoms with Gasteiger partial charge in [-0.3, -0.25) is 0 Å². The first-order chi connectivity index (χ1) is 8.69. The first kappa shape index (κ1) is 12.6. The fourth-order valence-corrected chi connectivity index (χ4v) is 1.55. The van der Waals surface area contributed by atoms with Gasteiger partial charge in [0, 0.05) is 16.7 Å². The molecule has 1 aromatic carbocycles. The van der Waals surface area contributed by atoms with Crippen molar-refractivity contribution in [3.05, 3.63) is 52.6 Å². The van der Waals surface area contributed by atoms with Crippen LogP contribution < -0.4 is 4.74 Å². The van der Waals surface area contributed by atoms with Crippen LogP contribution in [0.1, 0.15) is 10.4 Å². The van der Waals surface area contributed by atoms with Gasteiger partial charge in [-0.15, -0.1) is 0 Å². The van der Waals surface area contributed by atoms with E-state index in [2.05, 4.69) is 25.7 Å². The smallest absolute Gasteiger partial charge is 0.337 e. The Hall–Kier alpha value is -1.88. The maximum atomic E-state index is 11.2. The van der Waals surface area contributed by atoms with Gasteiger partial charge >= 0.3 is 5.97 Å². The van der Waals surface area contributed by atoms with E-state index < -0.39 is 0 Å². The second-order valence-electron chi connectivity index (χ2n) is 3.43. The van der Waals surface area contributed by atoms with Crippen molar-refractivity contribution < 1.29 is 14.3 Å². The standard InChI is InChI=1S/C13H10BrNO3/c1-17-13(16)9-2-5-11(6-3-9)18-12-7-4-10(14)8-15-12/h2-8H,1H3. The van der Waals surface area contributed by atoms with E-state index in [1.807, 2.05) is 6.07 Å². The molecule has 4 nitrogen and oxygen atoms in total. The highest BCUT2D eigenvalue weighted by atomic mass is 79.9. The summed E-state index contributed by atoms with van der Waals surface area (Å²) in [4.78, 5) is 15.3. The molecule has 1 heterocycles. The average Bonchev–Trinajstić information content (AvgIpc) is 2.41. The van der Waals surface area contributed by atoms with Gasteiger partial charge in [-0.25, -0.2) is 9.78 Å². The maximum Gasteiger partial charge on any atom is 0.337 e. The van der Waals surface area contributed by atoms with Gasteiger partial charge in [0.25, 0.3) is 0 Å². The fourth-order valence-electron chi connectivity index (χ4n) is 1.32. The number of aromatic nitrogens is 1. The zero-order valence-electron chi connectivity index (χ0n) is 9.59. The van der Waals surface area contributed by atoms with Crippen LogP contribution in [-0.4, -0.2) is 18.1 Å². The molecule has 1 aromatic heterocycles. The number of pyridine rings is 1. The van der Waals surface area contributed by atoms with Crippen molar-refractivity contribution in [1.29, 1.82) is 0 Å². The summed E-state index contributed by atoms with van der Waals surface area (Å²) in [5, 5.41) is 0. The molecule has 0 unspecified atom stereocenters. The van der Waals surface area contributed by atoms with Gasteiger partial charge in [0.05, 0.1) is 12.7 Å². The van der Waals surface area contributed by atoms with Crippen LogP contribution in [0.5, 0.6) is 11.6 Å². The van der Waals surface area contributed by atoms with Gasteiger partial charge in [0.15, 0.2) is 0 Å². The van der Waals surface area contributed by atoms with Crippen LogP contribution in [0.25, 0.3) is 0 Å². The van der Waals surface area contributed by atoms with Gasteiger partial charge in [0.1, 0.15) is 5.75 Å². The third kappa shape index (κ3) is 3.07. The normalized spacial score (nSPS) is 9.89. The molecular weight excluding hydrogens is 298 g/mol. The summed E-state index contributed by atoms with van der Waals surface area (Å²) in [6.07, 6.45) is 1.65. The summed E-state index contributed by atoms with van der Waals surface area (Å²) < 4.78 is 11.0. The molecule has 0 aliphatic heterocycles. The van der Waals surface area contributed by atoms with Crippen LogP contribution in [0.2, 0.25) is 0 Å². The fraction of sp³-hybridized carbons (Fsp3) is 0.0769. The highest BCUT2D eigenvalue weighted by molar-refractivity contribution is 9.10. The number of esters is 1. The first-order valence-corrected chi connectivity index (χ1v) is 5.96. The number of halogens is 1. The molecule has 18 heavy (non-hydrogen) atoms. The zero-order valence-corrected chi connectivity index (χ0v) is 11.2. The molecular formula is C13H10BrNO3. The molecule has 0 spiro atoms. The Morgan fingerprint density at radius 1 is 1.17 bits per heavy atom. The van der Waals surface area contributed by atoms with Crippen molar-refractivity contribution in [1.82, 2.24) is 4.98 Å². The molecule has 0 aliphatic carbocycles. The molecule has 0 radical (unpaired) electrons. The molecule has 0 aliphatic rings. The molecule has 2 rings (SSSR count). The van der Waals surface area contributed by atoms with Crippen LogP contribution >= 0.6 is 15.9 Å². The molecule has 0 amide bonds. The molecule has 0 saturated heterocycles. The van der Waals surface area contributed by atoms with Crippen LogP contribution in [-0.2, 0) is 4.74 Å². The van der Waals surface area contributed by atoms with E-state index in [1.165, 1.54) is 7.11 Å². The number of benzene rings is 1. The van der Waals surface area contributed by atoms with Crippen LogP contribution in [0.15, 0.2) is 47.1 Å². The number of hydrogen-bond donors (Lipinski definition) is 0. The SMILES string of the molecule is COC(=O)c1ccc(Oc2ccc(Br)cn2)cc1. The molecule has 0 N–H and O–H groups in total. The summed E-state index contributed by atoms with van der Waals surface area (Å²) in [5.74, 6) is 0.727. The van der Waals surface area contributed by atoms with Crippen molar-refractivity contribution in [3.8, 4) is 11.6 Å². The van der Waals surface area contributed by atoms with Crippen molar-refractivity contribution in [2.45, 2.75) is 0 Å². The second kappa shape index (κ2) is 5.64. The van der Waals surface area contributed by atoms with Crippen molar-refractivity contribution >= 4 is 21.9 Å². The molecule has 0 bridgehead atoms. The summed E-state index contributed by atoms with van der Waals surface area (Å²) in [6, 6.07) is 10.2. The Kier molecular flexibility index (Phi) is 3.94. The third-order valence-corrected chi connectivity index (χ3v) is 2.67. The van der Waals surface area contributed by atoms with E-state index in [-0.39, 0.29) is 5.97 Å². The Morgan fingerprint density at radius 3 is 2.44 bits per heavy atom. The molecule has 5 heteroatoms. The topological polar surface area (TPSA) is 48.4 Å². The Bertz CT molecular complexity index is 537. The first-order valence-electron chi connectivity index (χ1n) is 5.17. The second-order valence-corrected chi connectivity index (χ2v) is 4.35. The van der Waals surface area contributed by atoms with E-state index in [9.17, 15) is 4.79 Å². The number of carbonyl (C=O) groups is 1. The van der Waals surface area contributed by atoms with Gasteiger partial charge in [-0.05, 0) is 46.3 Å². The molecule has 0 atom stereocenters. The number of methoxy groups -OCH3 is 1. The summed E-state index contributed by atoms with van der Waals surface area (Å²) >= 11 is 3.29. The van der Waals surface area contributed by atoms with E-state index in [1.54, 1.807) is 36.5 Å². The van der Waals surface area contributed by atoms with E-state index in [0.717, 1.165) is 4.47 Å². The molecule has 2 aromatic rings. The minimum absolute atomic E-state index is 0.372. The molecule has 92 valence electrons. The van der Waals surface area contributed by atoms with Crippen molar-refractivity contribution in [2.24, 2.45) is 0 Å². The van der Waals surface area contributed by atoms with Crippen LogP contribution in [0, 0.1) is 0 Å². The van der Waals surface area contributed by atoms with Crippen LogP contribution in [0.3, 0.4) is 0 Å². The van der Waals surface area contributed by atoms with E-state index >= 15 is 0 Å². The predicted molar refractivity (Wildman–Crippen MR) is 69.8 cm³/mol. The Balaban J connectivity index is 2.10. The lowest BCUT2D eigenvalue weighted by Crippen LogP contribution is -2.00. The van der Waals surface area contributed by atoms with Crippen molar-refractivity contribution in [2.75, 3.05) is 7.11 Å². The minimum atomic E-state index is -0.372.